The van der Waals surface area contributed by atoms with E-state index in [-0.39, 0.29) is 16.0 Å². The Morgan fingerprint density at radius 1 is 1.32 bits per heavy atom. The van der Waals surface area contributed by atoms with Crippen LogP contribution < -0.4 is 5.73 Å². The molecule has 0 bridgehead atoms. The van der Waals surface area contributed by atoms with E-state index < -0.39 is 10.0 Å². The third-order valence-corrected chi connectivity index (χ3v) is 6.11. The van der Waals surface area contributed by atoms with Gasteiger partial charge in [0.05, 0.1) is 14.9 Å². The van der Waals surface area contributed by atoms with Crippen molar-refractivity contribution < 1.29 is 8.42 Å². The number of benzene rings is 1. The molecule has 19 heavy (non-hydrogen) atoms. The molecule has 1 fully saturated rings. The van der Waals surface area contributed by atoms with Crippen molar-refractivity contribution >= 4 is 33.2 Å². The summed E-state index contributed by atoms with van der Waals surface area (Å²) in [5.41, 5.74) is 5.94. The predicted octanol–water partition coefficient (Wildman–Crippen LogP) is 2.35. The molecule has 2 rings (SSSR count). The molecule has 7 heteroatoms. The van der Waals surface area contributed by atoms with Crippen LogP contribution in [0, 0.1) is 5.92 Å². The molecule has 106 valence electrons. The summed E-state index contributed by atoms with van der Waals surface area (Å²) in [6.45, 7) is 2.86. The monoisotopic (exact) mass is 322 g/mol. The van der Waals surface area contributed by atoms with Gasteiger partial charge in [-0.15, -0.1) is 0 Å². The Bertz CT molecular complexity index is 577. The quantitative estimate of drug-likeness (QED) is 0.909. The van der Waals surface area contributed by atoms with Gasteiger partial charge in [-0.2, -0.15) is 4.31 Å². The number of nitrogens with two attached hydrogens (primary N) is 1. The summed E-state index contributed by atoms with van der Waals surface area (Å²) in [6.07, 6.45) is 0.766. The van der Waals surface area contributed by atoms with Crippen LogP contribution in [0.4, 0.5) is 0 Å². The average Bonchev–Trinajstić information content (AvgIpc) is 2.35. The molecule has 0 aliphatic carbocycles. The predicted molar refractivity (Wildman–Crippen MR) is 77.0 cm³/mol. The smallest absolute Gasteiger partial charge is 0.243 e. The van der Waals surface area contributed by atoms with Gasteiger partial charge in [-0.3, -0.25) is 0 Å². The third kappa shape index (κ3) is 3.06. The number of nitrogens with zero attached hydrogens (tertiary/aromatic N) is 1. The first kappa shape index (κ1) is 15.1. The number of hydrogen-bond acceptors (Lipinski definition) is 3. The highest BCUT2D eigenvalue weighted by molar-refractivity contribution is 7.89. The van der Waals surface area contributed by atoms with Crippen LogP contribution in [-0.2, 0) is 10.0 Å². The molecule has 0 spiro atoms. The number of sulfonamides is 1. The summed E-state index contributed by atoms with van der Waals surface area (Å²) in [4.78, 5) is 0.156. The van der Waals surface area contributed by atoms with Crippen molar-refractivity contribution in [3.05, 3.63) is 28.2 Å². The number of rotatable bonds is 2. The maximum atomic E-state index is 12.5. The summed E-state index contributed by atoms with van der Waals surface area (Å²) in [5.74, 6) is 0.334. The van der Waals surface area contributed by atoms with E-state index in [1.54, 1.807) is 0 Å². The summed E-state index contributed by atoms with van der Waals surface area (Å²) in [7, 11) is -3.55. The highest BCUT2D eigenvalue weighted by Crippen LogP contribution is 2.28. The maximum Gasteiger partial charge on any atom is 0.243 e. The Morgan fingerprint density at radius 3 is 2.58 bits per heavy atom. The number of hydrogen-bond donors (Lipinski definition) is 1. The van der Waals surface area contributed by atoms with Crippen LogP contribution in [0.25, 0.3) is 0 Å². The van der Waals surface area contributed by atoms with Crippen LogP contribution in [-0.4, -0.2) is 31.9 Å². The van der Waals surface area contributed by atoms with E-state index in [1.807, 2.05) is 6.92 Å². The Kier molecular flexibility index (Phi) is 4.42. The molecular weight excluding hydrogens is 307 g/mol. The Balaban J connectivity index is 2.29. The lowest BCUT2D eigenvalue weighted by atomic mass is 9.96. The van der Waals surface area contributed by atoms with Gasteiger partial charge in [-0.05, 0) is 30.5 Å². The summed E-state index contributed by atoms with van der Waals surface area (Å²) < 4.78 is 26.4. The first-order chi connectivity index (χ1) is 8.82. The highest BCUT2D eigenvalue weighted by Gasteiger charge is 2.32. The van der Waals surface area contributed by atoms with Gasteiger partial charge in [-0.1, -0.05) is 30.1 Å². The Hall–Kier alpha value is -0.330. The molecule has 1 aromatic rings. The molecule has 0 saturated carbocycles. The van der Waals surface area contributed by atoms with Gasteiger partial charge in [0.25, 0.3) is 0 Å². The zero-order chi connectivity index (χ0) is 14.2. The summed E-state index contributed by atoms with van der Waals surface area (Å²) >= 11 is 11.7. The van der Waals surface area contributed by atoms with Crippen molar-refractivity contribution in [3.8, 4) is 0 Å². The van der Waals surface area contributed by atoms with E-state index >= 15 is 0 Å². The van der Waals surface area contributed by atoms with Crippen LogP contribution in [0.15, 0.2) is 23.1 Å². The molecular formula is C12H16Cl2N2O2S. The first-order valence-electron chi connectivity index (χ1n) is 6.03. The molecule has 1 aromatic carbocycles. The lowest BCUT2D eigenvalue weighted by Crippen LogP contribution is -2.49. The molecule has 0 radical (unpaired) electrons. The fourth-order valence-corrected chi connectivity index (χ4v) is 3.95. The molecule has 2 atom stereocenters. The second-order valence-corrected chi connectivity index (χ2v) is 7.62. The van der Waals surface area contributed by atoms with Crippen LogP contribution >= 0.6 is 23.2 Å². The second kappa shape index (κ2) is 5.58. The lowest BCUT2D eigenvalue weighted by molar-refractivity contribution is 0.253. The minimum absolute atomic E-state index is 0.133. The van der Waals surface area contributed by atoms with Crippen molar-refractivity contribution in [2.45, 2.75) is 24.3 Å². The van der Waals surface area contributed by atoms with Crippen molar-refractivity contribution in [2.24, 2.45) is 11.7 Å². The SMILES string of the molecule is CC1CCN(S(=O)(=O)c2ccc(Cl)c(Cl)c2)CC1N. The van der Waals surface area contributed by atoms with Crippen molar-refractivity contribution in [2.75, 3.05) is 13.1 Å². The van der Waals surface area contributed by atoms with Gasteiger partial charge in [0.2, 0.25) is 10.0 Å². The zero-order valence-corrected chi connectivity index (χ0v) is 12.8. The number of halogens is 2. The van der Waals surface area contributed by atoms with Gasteiger partial charge in [0.15, 0.2) is 0 Å². The third-order valence-electron chi connectivity index (χ3n) is 3.51. The van der Waals surface area contributed by atoms with Crippen molar-refractivity contribution in [1.29, 1.82) is 0 Å². The zero-order valence-electron chi connectivity index (χ0n) is 10.5. The Morgan fingerprint density at radius 2 is 2.00 bits per heavy atom. The fraction of sp³-hybridized carbons (Fsp3) is 0.500. The van der Waals surface area contributed by atoms with Crippen LogP contribution in [0.2, 0.25) is 10.0 Å². The fourth-order valence-electron chi connectivity index (χ4n) is 2.07. The van der Waals surface area contributed by atoms with Crippen LogP contribution in [0.3, 0.4) is 0 Å². The molecule has 1 aliphatic rings. The van der Waals surface area contributed by atoms with Gasteiger partial charge in [0.1, 0.15) is 0 Å². The first-order valence-corrected chi connectivity index (χ1v) is 8.22. The molecule has 2 unspecified atom stereocenters. The van der Waals surface area contributed by atoms with E-state index in [4.69, 9.17) is 28.9 Å². The number of piperidine rings is 1. The van der Waals surface area contributed by atoms with Gasteiger partial charge in [0, 0.05) is 19.1 Å². The van der Waals surface area contributed by atoms with Gasteiger partial charge in [-0.25, -0.2) is 8.42 Å². The van der Waals surface area contributed by atoms with E-state index in [2.05, 4.69) is 0 Å². The lowest BCUT2D eigenvalue weighted by Gasteiger charge is -2.34. The average molecular weight is 323 g/mol. The topological polar surface area (TPSA) is 63.4 Å². The van der Waals surface area contributed by atoms with E-state index in [1.165, 1.54) is 22.5 Å². The molecule has 0 amide bonds. The standard InChI is InChI=1S/C12H16Cl2N2O2S/c1-8-4-5-16(7-12(8)15)19(17,18)9-2-3-10(13)11(14)6-9/h2-3,6,8,12H,4-5,7,15H2,1H3. The van der Waals surface area contributed by atoms with E-state index in [0.29, 0.717) is 24.0 Å². The highest BCUT2D eigenvalue weighted by atomic mass is 35.5. The molecule has 0 aromatic heterocycles. The molecule has 1 saturated heterocycles. The molecule has 2 N–H and O–H groups in total. The van der Waals surface area contributed by atoms with Gasteiger partial charge >= 0.3 is 0 Å². The molecule has 1 heterocycles. The molecule has 4 nitrogen and oxygen atoms in total. The van der Waals surface area contributed by atoms with Crippen molar-refractivity contribution in [1.82, 2.24) is 4.31 Å². The molecule has 1 aliphatic heterocycles. The van der Waals surface area contributed by atoms with E-state index in [9.17, 15) is 8.42 Å². The minimum Gasteiger partial charge on any atom is -0.326 e. The van der Waals surface area contributed by atoms with Crippen LogP contribution in [0.1, 0.15) is 13.3 Å². The summed E-state index contributed by atoms with van der Waals surface area (Å²) in [6, 6.07) is 4.20. The largest absolute Gasteiger partial charge is 0.326 e. The normalized spacial score (nSPS) is 25.5. The summed E-state index contributed by atoms with van der Waals surface area (Å²) in [5, 5.41) is 0.571. The van der Waals surface area contributed by atoms with E-state index in [0.717, 1.165) is 6.42 Å². The maximum absolute atomic E-state index is 12.5. The minimum atomic E-state index is -3.55. The Labute approximate surface area is 123 Å². The second-order valence-electron chi connectivity index (χ2n) is 4.87. The van der Waals surface area contributed by atoms with Gasteiger partial charge < -0.3 is 5.73 Å². The van der Waals surface area contributed by atoms with Crippen LogP contribution in [0.5, 0.6) is 0 Å². The van der Waals surface area contributed by atoms with Crippen molar-refractivity contribution in [3.63, 3.8) is 0 Å².